The van der Waals surface area contributed by atoms with E-state index in [0.29, 0.717) is 104 Å². The highest BCUT2D eigenvalue weighted by Gasteiger charge is 2.33. The summed E-state index contributed by atoms with van der Waals surface area (Å²) < 4.78 is 30.9. The molecular formula is C41H47N11O12. The molecule has 0 atom stereocenters. The van der Waals surface area contributed by atoms with Crippen LogP contribution in [-0.2, 0) is 62.5 Å². The number of carbonyl (C=O) groups is 6. The van der Waals surface area contributed by atoms with E-state index in [1.165, 1.54) is 35.4 Å². The van der Waals surface area contributed by atoms with Crippen LogP contribution < -0.4 is 4.74 Å². The Balaban J connectivity index is 0.757. The predicted molar refractivity (Wildman–Crippen MR) is 218 cm³/mol. The second-order valence-corrected chi connectivity index (χ2v) is 14.4. The quantitative estimate of drug-likeness (QED) is 0.0410. The molecule has 0 saturated carbocycles. The number of nitrogens with zero attached hydrogens (tertiary/aromatic N) is 10. The molecule has 1 N–H and O–H groups in total. The highest BCUT2D eigenvalue weighted by atomic mass is 16.7. The van der Waals surface area contributed by atoms with Gasteiger partial charge in [0.15, 0.2) is 11.6 Å². The number of aryl methyl sites for hydroxylation is 1. The average Bonchev–Trinajstić information content (AvgIpc) is 4.15. The average molecular weight is 886 g/mol. The van der Waals surface area contributed by atoms with Crippen molar-refractivity contribution < 1.29 is 57.3 Å². The number of benzene rings is 1. The maximum atomic E-state index is 13.6. The summed E-state index contributed by atoms with van der Waals surface area (Å²) in [6.45, 7) is 4.02. The van der Waals surface area contributed by atoms with Crippen molar-refractivity contribution in [3.8, 4) is 11.6 Å². The maximum Gasteiger partial charge on any atom is 0.333 e. The number of fused-ring (bicyclic) bond motifs is 1. The number of hydrogen-bond acceptors (Lipinski definition) is 17. The maximum absolute atomic E-state index is 13.6. The fourth-order valence-corrected chi connectivity index (χ4v) is 6.79. The third-order valence-electron chi connectivity index (χ3n) is 10.1. The molecule has 23 heteroatoms. The largest absolute Gasteiger partial charge is 0.494 e. The third-order valence-corrected chi connectivity index (χ3v) is 10.1. The Morgan fingerprint density at radius 3 is 2.19 bits per heavy atom. The summed E-state index contributed by atoms with van der Waals surface area (Å²) >= 11 is 0. The number of ether oxygens (including phenoxy) is 5. The third kappa shape index (κ3) is 11.3. The van der Waals surface area contributed by atoms with E-state index < -0.39 is 29.5 Å². The van der Waals surface area contributed by atoms with Crippen molar-refractivity contribution in [1.29, 1.82) is 0 Å². The van der Waals surface area contributed by atoms with Crippen molar-refractivity contribution in [2.75, 3.05) is 79.5 Å². The fourth-order valence-electron chi connectivity index (χ4n) is 6.79. The number of hydrogen-bond donors (Lipinski definition) is 1. The molecule has 23 nitrogen and oxygen atoms in total. The lowest BCUT2D eigenvalue weighted by Crippen LogP contribution is -2.52. The molecule has 6 heterocycles. The fraction of sp³-hybridized carbons (Fsp3) is 0.439. The summed E-state index contributed by atoms with van der Waals surface area (Å²) in [5.74, 6) is -2.26. The number of pyridine rings is 1. The molecular weight excluding hydrogens is 839 g/mol. The Morgan fingerprint density at radius 2 is 1.48 bits per heavy atom. The molecule has 7 rings (SSSR count). The minimum Gasteiger partial charge on any atom is -0.494 e. The van der Waals surface area contributed by atoms with E-state index in [4.69, 9.17) is 28.5 Å². The van der Waals surface area contributed by atoms with Crippen LogP contribution in [0, 0.1) is 0 Å². The van der Waals surface area contributed by atoms with Gasteiger partial charge in [0.1, 0.15) is 18.7 Å². The van der Waals surface area contributed by atoms with Gasteiger partial charge < -0.3 is 43.3 Å². The molecule has 1 aromatic carbocycles. The first kappa shape index (κ1) is 45.1. The first-order chi connectivity index (χ1) is 31.2. The van der Waals surface area contributed by atoms with Gasteiger partial charge in [-0.2, -0.15) is 0 Å². The monoisotopic (exact) mass is 885 g/mol. The second kappa shape index (κ2) is 21.9. The van der Waals surface area contributed by atoms with Gasteiger partial charge in [0.25, 0.3) is 29.4 Å². The molecule has 2 saturated heterocycles. The number of aromatic amines is 1. The standard InChI is InChI=1S/C41H47N11O12/c1-59-31-24-43-39(37-36(31)30(23-42-37)38(56)41(58)49-13-11-48(12-14-49)40(57)28-5-3-2-4-6-28)51-27-44-32(46-51)26-63-22-21-62-20-19-61-18-17-60-16-15-50-25-29(45-47-50)7-10-35(55)64-52-33(53)8-9-34(52)54/h2-6,23-25,27,42H,7-22,26H2,1H3. The number of hydroxylamine groups is 2. The molecule has 2 aliphatic rings. The van der Waals surface area contributed by atoms with Gasteiger partial charge in [0.2, 0.25) is 0 Å². The number of rotatable bonds is 23. The van der Waals surface area contributed by atoms with Crippen LogP contribution in [0.25, 0.3) is 16.7 Å². The van der Waals surface area contributed by atoms with Crippen LogP contribution in [-0.4, -0.2) is 170 Å². The summed E-state index contributed by atoms with van der Waals surface area (Å²) in [7, 11) is 1.45. The molecule has 5 aromatic rings. The number of methoxy groups -OCH3 is 1. The molecule has 0 radical (unpaired) electrons. The lowest BCUT2D eigenvalue weighted by Gasteiger charge is -2.34. The highest BCUT2D eigenvalue weighted by molar-refractivity contribution is 6.45. The van der Waals surface area contributed by atoms with Crippen LogP contribution in [0.4, 0.5) is 0 Å². The summed E-state index contributed by atoms with van der Waals surface area (Å²) in [6, 6.07) is 8.93. The lowest BCUT2D eigenvalue weighted by molar-refractivity contribution is -0.197. The van der Waals surface area contributed by atoms with Gasteiger partial charge in [0, 0.05) is 63.4 Å². The minimum absolute atomic E-state index is 0.0367. The van der Waals surface area contributed by atoms with E-state index in [1.807, 2.05) is 6.07 Å². The van der Waals surface area contributed by atoms with Gasteiger partial charge in [0.05, 0.1) is 94.7 Å². The van der Waals surface area contributed by atoms with E-state index in [-0.39, 0.29) is 63.5 Å². The van der Waals surface area contributed by atoms with Gasteiger partial charge in [-0.25, -0.2) is 24.1 Å². The highest BCUT2D eigenvalue weighted by Crippen LogP contribution is 2.32. The zero-order valence-electron chi connectivity index (χ0n) is 35.1. The molecule has 4 amide bonds. The zero-order chi connectivity index (χ0) is 44.8. The molecule has 64 heavy (non-hydrogen) atoms. The number of carbonyl (C=O) groups excluding carboxylic acids is 6. The number of H-pyrrole nitrogens is 1. The molecule has 0 spiro atoms. The lowest BCUT2D eigenvalue weighted by atomic mass is 10.1. The van der Waals surface area contributed by atoms with Gasteiger partial charge in [-0.3, -0.25) is 24.0 Å². The Morgan fingerprint density at radius 1 is 0.812 bits per heavy atom. The van der Waals surface area contributed by atoms with Crippen LogP contribution in [0.15, 0.2) is 55.2 Å². The zero-order valence-corrected chi connectivity index (χ0v) is 35.1. The number of ketones is 1. The predicted octanol–water partition coefficient (Wildman–Crippen LogP) is 0.717. The molecule has 2 fully saturated rings. The topological polar surface area (TPSA) is 258 Å². The first-order valence-electron chi connectivity index (χ1n) is 20.6. The summed E-state index contributed by atoms with van der Waals surface area (Å²) in [5.41, 5.74) is 1.67. The summed E-state index contributed by atoms with van der Waals surface area (Å²) in [5, 5.41) is 13.4. The van der Waals surface area contributed by atoms with Crippen LogP contribution in [0.5, 0.6) is 5.75 Å². The van der Waals surface area contributed by atoms with Crippen molar-refractivity contribution in [1.82, 2.24) is 54.6 Å². The first-order valence-corrected chi connectivity index (χ1v) is 20.6. The van der Waals surface area contributed by atoms with Crippen LogP contribution in [0.1, 0.15) is 51.5 Å². The molecule has 0 aliphatic carbocycles. The van der Waals surface area contributed by atoms with Crippen LogP contribution in [0.3, 0.4) is 0 Å². The molecule has 338 valence electrons. The van der Waals surface area contributed by atoms with Crippen LogP contribution >= 0.6 is 0 Å². The number of amides is 4. The Kier molecular flexibility index (Phi) is 15.4. The van der Waals surface area contributed by atoms with Gasteiger partial charge in [-0.15, -0.1) is 15.3 Å². The summed E-state index contributed by atoms with van der Waals surface area (Å²) in [4.78, 5) is 94.9. The second-order valence-electron chi connectivity index (χ2n) is 14.4. The van der Waals surface area contributed by atoms with E-state index in [9.17, 15) is 28.8 Å². The number of Topliss-reactive ketones (excluding diaryl/α,β-unsaturated/α-hetero) is 1. The number of nitrogens with one attached hydrogen (secondary N) is 1. The van der Waals surface area contributed by atoms with Crippen molar-refractivity contribution in [3.63, 3.8) is 0 Å². The van der Waals surface area contributed by atoms with Gasteiger partial charge in [-0.05, 0) is 12.1 Å². The smallest absolute Gasteiger partial charge is 0.333 e. The number of imide groups is 1. The number of piperazine rings is 1. The van der Waals surface area contributed by atoms with Crippen LogP contribution in [0.2, 0.25) is 0 Å². The molecule has 4 aromatic heterocycles. The Bertz CT molecular complexity index is 2410. The van der Waals surface area contributed by atoms with E-state index in [2.05, 4.69) is 30.4 Å². The molecule has 0 bridgehead atoms. The van der Waals surface area contributed by atoms with E-state index in [0.717, 1.165) is 0 Å². The molecule has 2 aliphatic heterocycles. The van der Waals surface area contributed by atoms with E-state index >= 15 is 0 Å². The van der Waals surface area contributed by atoms with Gasteiger partial charge in [-0.1, -0.05) is 23.4 Å². The van der Waals surface area contributed by atoms with Gasteiger partial charge >= 0.3 is 5.97 Å². The Hall–Kier alpha value is -6.95. The summed E-state index contributed by atoms with van der Waals surface area (Å²) in [6.07, 6.45) is 6.31. The number of aromatic nitrogens is 8. The van der Waals surface area contributed by atoms with E-state index in [1.54, 1.807) is 40.0 Å². The van der Waals surface area contributed by atoms with Crippen molar-refractivity contribution in [2.24, 2.45) is 0 Å². The minimum atomic E-state index is -0.718. The van der Waals surface area contributed by atoms with Crippen molar-refractivity contribution >= 4 is 46.3 Å². The normalized spacial score (nSPS) is 14.2. The van der Waals surface area contributed by atoms with Crippen molar-refractivity contribution in [3.05, 3.63) is 77.9 Å². The molecule has 0 unspecified atom stereocenters. The SMILES string of the molecule is COc1cnc(-n2cnc(COCCOCCOCCOCCn3cc(CCC(=O)ON4C(=O)CCC4=O)nn3)n2)c2[nH]cc(C(=O)C(=O)N3CCN(C(=O)c4ccccc4)CC3)c12. The Labute approximate surface area is 365 Å². The van der Waals surface area contributed by atoms with Crippen molar-refractivity contribution in [2.45, 2.75) is 38.8 Å².